The molecule has 1 heteroatoms. The van der Waals surface area contributed by atoms with Crippen LogP contribution in [-0.4, -0.2) is 0 Å². The lowest BCUT2D eigenvalue weighted by atomic mass is 9.72. The molecular weight excluding hydrogens is 921 g/mol. The Bertz CT molecular complexity index is 3240. The summed E-state index contributed by atoms with van der Waals surface area (Å²) in [6.45, 7) is 57.2. The zero-order valence-corrected chi connectivity index (χ0v) is 51.8. The van der Waals surface area contributed by atoms with Crippen molar-refractivity contribution in [2.45, 2.75) is 209 Å². The largest absolute Gasteiger partial charge is 0.134 e. The van der Waals surface area contributed by atoms with E-state index in [0.717, 1.165) is 0 Å². The van der Waals surface area contributed by atoms with E-state index >= 15 is 0 Å². The monoisotopic (exact) mass is 1010 g/mol. The van der Waals surface area contributed by atoms with Gasteiger partial charge in [0.2, 0.25) is 0 Å². The molecule has 75 heavy (non-hydrogen) atoms. The fraction of sp³-hybridized carbons (Fsp3) is 0.432. The number of benzene rings is 7. The summed E-state index contributed by atoms with van der Waals surface area (Å²) in [5.41, 5.74) is 23.6. The summed E-state index contributed by atoms with van der Waals surface area (Å²) in [5.74, 6) is 0. The summed E-state index contributed by atoms with van der Waals surface area (Å²) in [6.07, 6.45) is 0. The van der Waals surface area contributed by atoms with Crippen molar-refractivity contribution in [3.8, 4) is 55.6 Å². The first kappa shape index (κ1) is 56.0. The third-order valence-corrected chi connectivity index (χ3v) is 17.0. The minimum atomic E-state index is -0.0952. The molecular formula is C74H92S. The number of thiophene rings is 1. The summed E-state index contributed by atoms with van der Waals surface area (Å²) < 4.78 is 2.69. The Morgan fingerprint density at radius 2 is 0.480 bits per heavy atom. The number of hydrogen-bond donors (Lipinski definition) is 0. The summed E-state index contributed by atoms with van der Waals surface area (Å²) in [4.78, 5) is 0. The van der Waals surface area contributed by atoms with Gasteiger partial charge in [-0.05, 0) is 168 Å². The number of rotatable bonds is 5. The van der Waals surface area contributed by atoms with Crippen LogP contribution in [0.4, 0.5) is 0 Å². The second kappa shape index (κ2) is 18.7. The summed E-state index contributed by atoms with van der Waals surface area (Å²) in [5, 5.41) is 2.64. The van der Waals surface area contributed by atoms with E-state index in [9.17, 15) is 0 Å². The lowest BCUT2D eigenvalue weighted by Crippen LogP contribution is -2.20. The maximum absolute atomic E-state index is 2.60. The third-order valence-electron chi connectivity index (χ3n) is 15.7. The van der Waals surface area contributed by atoms with Crippen molar-refractivity contribution < 1.29 is 0 Å². The highest BCUT2D eigenvalue weighted by molar-refractivity contribution is 7.27. The van der Waals surface area contributed by atoms with Crippen molar-refractivity contribution in [1.29, 1.82) is 0 Å². The van der Waals surface area contributed by atoms with Crippen LogP contribution in [0.25, 0.3) is 75.8 Å². The average molecular weight is 1010 g/mol. The maximum atomic E-state index is 2.60. The molecule has 0 unspecified atom stereocenters. The van der Waals surface area contributed by atoms with E-state index in [1.165, 1.54) is 120 Å². The molecule has 0 fully saturated rings. The van der Waals surface area contributed by atoms with Crippen LogP contribution >= 0.6 is 11.3 Å². The van der Waals surface area contributed by atoms with E-state index in [0.29, 0.717) is 0 Å². The van der Waals surface area contributed by atoms with E-state index in [4.69, 9.17) is 0 Å². The zero-order chi connectivity index (χ0) is 55.6. The Labute approximate surface area is 459 Å². The van der Waals surface area contributed by atoms with Gasteiger partial charge in [-0.3, -0.25) is 0 Å². The summed E-state index contributed by atoms with van der Waals surface area (Å²) in [7, 11) is 0. The van der Waals surface area contributed by atoms with Crippen LogP contribution in [0.3, 0.4) is 0 Å². The van der Waals surface area contributed by atoms with E-state index in [2.05, 4.69) is 287 Å². The first-order valence-corrected chi connectivity index (χ1v) is 28.8. The quantitative estimate of drug-likeness (QED) is 0.161. The molecule has 0 aliphatic rings. The maximum Gasteiger partial charge on any atom is 0.0434 e. The van der Waals surface area contributed by atoms with Crippen LogP contribution in [0.1, 0.15) is 211 Å². The van der Waals surface area contributed by atoms with Gasteiger partial charge in [0, 0.05) is 25.7 Å². The predicted octanol–water partition coefficient (Wildman–Crippen LogP) is 22.8. The average Bonchev–Trinajstić information content (AvgIpc) is 3.67. The molecule has 394 valence electrons. The second-order valence-corrected chi connectivity index (χ2v) is 31.4. The van der Waals surface area contributed by atoms with E-state index in [-0.39, 0.29) is 43.3 Å². The lowest BCUT2D eigenvalue weighted by molar-refractivity contribution is 0.571. The predicted molar refractivity (Wildman–Crippen MR) is 336 cm³/mol. The minimum absolute atomic E-state index is 0.0743. The zero-order valence-electron chi connectivity index (χ0n) is 51.0. The molecule has 0 bridgehead atoms. The van der Waals surface area contributed by atoms with Crippen molar-refractivity contribution in [1.82, 2.24) is 0 Å². The SMILES string of the molecule is CC(C)(C)c1cccc(C(C)(C)C)c1-c1cc(-c2c(C(C)(C)C)cccc2C(C)(C)C)cc(-c2cccc3c2sc2c(-c4c(C(C)(C)C)cccc4C(C)(C)C)cc(-c4c(C(C)(C)C)cccc4C(C)(C)C)cc23)c1. The molecule has 0 atom stereocenters. The van der Waals surface area contributed by atoms with Gasteiger partial charge in [-0.25, -0.2) is 0 Å². The topological polar surface area (TPSA) is 0 Å². The minimum Gasteiger partial charge on any atom is -0.134 e. The van der Waals surface area contributed by atoms with Crippen molar-refractivity contribution in [2.75, 3.05) is 0 Å². The van der Waals surface area contributed by atoms with Gasteiger partial charge in [0.15, 0.2) is 0 Å². The Morgan fingerprint density at radius 3 is 0.787 bits per heavy atom. The van der Waals surface area contributed by atoms with Gasteiger partial charge in [0.25, 0.3) is 0 Å². The van der Waals surface area contributed by atoms with E-state index in [1.807, 2.05) is 11.3 Å². The van der Waals surface area contributed by atoms with Gasteiger partial charge >= 0.3 is 0 Å². The van der Waals surface area contributed by atoms with Crippen molar-refractivity contribution in [3.63, 3.8) is 0 Å². The van der Waals surface area contributed by atoms with Gasteiger partial charge < -0.3 is 0 Å². The molecule has 1 aromatic heterocycles. The van der Waals surface area contributed by atoms with E-state index in [1.54, 1.807) is 0 Å². The standard InChI is InChI=1S/C74H92S/c1-67(2,3)53-32-26-33-54(68(4,5)6)61(53)46-40-45(41-47(42-46)62-55(69(7,8)9)34-27-35-56(62)70(10,11)12)49-30-25-31-50-51-43-48(63-57(71(13,14)15)36-28-37-58(63)72(16,17)18)44-52(66(51)75-65(49)50)64-59(73(19,20)21)38-29-39-60(64)74(22,23)24/h25-44H,1-24H3. The van der Waals surface area contributed by atoms with Crippen molar-refractivity contribution in [3.05, 3.63) is 166 Å². The molecule has 0 radical (unpaired) electrons. The molecule has 0 saturated carbocycles. The van der Waals surface area contributed by atoms with Crippen LogP contribution in [-0.2, 0) is 43.3 Å². The fourth-order valence-corrected chi connectivity index (χ4v) is 13.3. The smallest absolute Gasteiger partial charge is 0.0434 e. The lowest BCUT2D eigenvalue weighted by Gasteiger charge is -2.32. The molecule has 0 amide bonds. The first-order chi connectivity index (χ1) is 34.3. The molecule has 0 N–H and O–H groups in total. The Balaban J connectivity index is 1.60. The summed E-state index contributed by atoms with van der Waals surface area (Å²) >= 11 is 2.00. The third kappa shape index (κ3) is 10.8. The fourth-order valence-electron chi connectivity index (χ4n) is 12.0. The second-order valence-electron chi connectivity index (χ2n) is 30.4. The molecule has 1 heterocycles. The van der Waals surface area contributed by atoms with Gasteiger partial charge in [0.1, 0.15) is 0 Å². The molecule has 8 rings (SSSR count). The normalized spacial score (nSPS) is 13.6. The number of fused-ring (bicyclic) bond motifs is 3. The highest BCUT2D eigenvalue weighted by atomic mass is 32.1. The molecule has 0 aliphatic heterocycles. The molecule has 7 aromatic carbocycles. The van der Waals surface area contributed by atoms with Crippen LogP contribution in [0.15, 0.2) is 121 Å². The molecule has 0 spiro atoms. The molecule has 0 aliphatic carbocycles. The van der Waals surface area contributed by atoms with Crippen LogP contribution in [0, 0.1) is 0 Å². The van der Waals surface area contributed by atoms with Gasteiger partial charge in [0.05, 0.1) is 0 Å². The molecule has 0 nitrogen and oxygen atoms in total. The number of hydrogen-bond acceptors (Lipinski definition) is 1. The Morgan fingerprint density at radius 1 is 0.227 bits per heavy atom. The van der Waals surface area contributed by atoms with Gasteiger partial charge in [-0.2, -0.15) is 0 Å². The Kier molecular flexibility index (Phi) is 14.0. The summed E-state index contributed by atoms with van der Waals surface area (Å²) in [6, 6.07) is 48.3. The van der Waals surface area contributed by atoms with Crippen LogP contribution in [0.2, 0.25) is 0 Å². The van der Waals surface area contributed by atoms with Crippen LogP contribution < -0.4 is 0 Å². The van der Waals surface area contributed by atoms with Crippen LogP contribution in [0.5, 0.6) is 0 Å². The van der Waals surface area contributed by atoms with Gasteiger partial charge in [-0.15, -0.1) is 11.3 Å². The van der Waals surface area contributed by atoms with Crippen molar-refractivity contribution in [2.24, 2.45) is 0 Å². The Hall–Kier alpha value is -5.24. The van der Waals surface area contributed by atoms with Crippen molar-refractivity contribution >= 4 is 31.5 Å². The highest BCUT2D eigenvalue weighted by Crippen LogP contribution is 2.53. The highest BCUT2D eigenvalue weighted by Gasteiger charge is 2.33. The first-order valence-electron chi connectivity index (χ1n) is 28.0. The van der Waals surface area contributed by atoms with E-state index < -0.39 is 0 Å². The van der Waals surface area contributed by atoms with Gasteiger partial charge in [-0.1, -0.05) is 257 Å². The molecule has 0 saturated heterocycles. The molecule has 8 aromatic rings.